The summed E-state index contributed by atoms with van der Waals surface area (Å²) in [5, 5.41) is 2.74. The molecule has 0 unspecified atom stereocenters. The second-order valence-corrected chi connectivity index (χ2v) is 7.78. The number of carbonyl (C=O) groups is 3. The third kappa shape index (κ3) is 5.09. The first-order valence-electron chi connectivity index (χ1n) is 9.78. The number of aromatic nitrogens is 1. The van der Waals surface area contributed by atoms with E-state index in [-0.39, 0.29) is 28.5 Å². The molecule has 33 heavy (non-hydrogen) atoms. The monoisotopic (exact) mass is 471 g/mol. The molecule has 11 heteroatoms. The summed E-state index contributed by atoms with van der Waals surface area (Å²) >= 11 is 0.651. The number of ether oxygens (including phenoxy) is 1. The molecule has 0 fully saturated rings. The van der Waals surface area contributed by atoms with Gasteiger partial charge in [-0.1, -0.05) is 24.3 Å². The number of nitrogen functional groups attached to an aromatic ring is 1. The Labute approximate surface area is 193 Å². The molecule has 9 nitrogen and oxygen atoms in total. The molecule has 0 saturated carbocycles. The van der Waals surface area contributed by atoms with E-state index in [0.29, 0.717) is 17.3 Å². The van der Waals surface area contributed by atoms with Crippen molar-refractivity contribution < 1.29 is 23.5 Å². The second kappa shape index (κ2) is 10.1. The quantitative estimate of drug-likeness (QED) is 0.461. The minimum Gasteiger partial charge on any atom is -0.497 e. The Kier molecular flexibility index (Phi) is 7.23. The summed E-state index contributed by atoms with van der Waals surface area (Å²) in [5.74, 6) is -2.24. The van der Waals surface area contributed by atoms with Gasteiger partial charge in [-0.2, -0.15) is 4.37 Å². The zero-order valence-corrected chi connectivity index (χ0v) is 18.7. The van der Waals surface area contributed by atoms with Crippen LogP contribution >= 0.6 is 11.5 Å². The Balaban J connectivity index is 1.88. The third-order valence-corrected chi connectivity index (χ3v) is 5.73. The maximum Gasteiger partial charge on any atom is 0.272 e. The van der Waals surface area contributed by atoms with Crippen molar-refractivity contribution in [1.82, 2.24) is 9.69 Å². The van der Waals surface area contributed by atoms with Crippen molar-refractivity contribution in [3.63, 3.8) is 0 Å². The molecule has 0 aliphatic carbocycles. The first-order chi connectivity index (χ1) is 15.7. The van der Waals surface area contributed by atoms with E-state index < -0.39 is 29.6 Å². The molecular formula is C22H22FN5O4S. The molecule has 1 heterocycles. The molecule has 0 aliphatic heterocycles. The fourth-order valence-electron chi connectivity index (χ4n) is 3.08. The first-order valence-corrected chi connectivity index (χ1v) is 10.6. The van der Waals surface area contributed by atoms with E-state index >= 15 is 0 Å². The van der Waals surface area contributed by atoms with E-state index in [4.69, 9.17) is 16.2 Å². The summed E-state index contributed by atoms with van der Waals surface area (Å²) in [5.41, 5.74) is 11.3. The maximum atomic E-state index is 14.6. The van der Waals surface area contributed by atoms with Crippen LogP contribution in [-0.2, 0) is 11.3 Å². The summed E-state index contributed by atoms with van der Waals surface area (Å²) < 4.78 is 23.6. The van der Waals surface area contributed by atoms with Crippen molar-refractivity contribution in [1.29, 1.82) is 0 Å². The molecule has 2 aromatic carbocycles. The Hall–Kier alpha value is -3.99. The number of nitrogens with zero attached hydrogens (tertiary/aromatic N) is 2. The number of para-hydroxylation sites is 1. The van der Waals surface area contributed by atoms with Crippen LogP contribution in [-0.4, -0.2) is 35.2 Å². The number of anilines is 2. The van der Waals surface area contributed by atoms with Crippen LogP contribution in [0.1, 0.15) is 32.6 Å². The number of nitrogens with two attached hydrogens (primary N) is 2. The molecule has 5 N–H and O–H groups in total. The van der Waals surface area contributed by atoms with Crippen molar-refractivity contribution in [2.24, 2.45) is 5.73 Å². The van der Waals surface area contributed by atoms with E-state index in [9.17, 15) is 18.8 Å². The highest BCUT2D eigenvalue weighted by molar-refractivity contribution is 7.09. The summed E-state index contributed by atoms with van der Waals surface area (Å²) in [6.07, 6.45) is 0. The normalized spacial score (nSPS) is 11.5. The van der Waals surface area contributed by atoms with Crippen LogP contribution in [0, 0.1) is 5.82 Å². The minimum absolute atomic E-state index is 0.122. The molecule has 3 rings (SSSR count). The average molecular weight is 472 g/mol. The van der Waals surface area contributed by atoms with Gasteiger partial charge in [0.1, 0.15) is 22.5 Å². The number of nitrogens with one attached hydrogen (secondary N) is 1. The number of hydrogen-bond donors (Lipinski definition) is 3. The van der Waals surface area contributed by atoms with Gasteiger partial charge in [-0.15, -0.1) is 0 Å². The molecule has 0 bridgehead atoms. The number of carbonyl (C=O) groups excluding carboxylic acids is 3. The van der Waals surface area contributed by atoms with Gasteiger partial charge in [0, 0.05) is 6.54 Å². The van der Waals surface area contributed by atoms with E-state index in [1.807, 2.05) is 0 Å². The van der Waals surface area contributed by atoms with Gasteiger partial charge < -0.3 is 21.5 Å². The van der Waals surface area contributed by atoms with Crippen molar-refractivity contribution in [3.05, 3.63) is 70.5 Å². The van der Waals surface area contributed by atoms with E-state index in [2.05, 4.69) is 9.69 Å². The molecule has 0 aliphatic rings. The Morgan fingerprint density at radius 2 is 1.85 bits per heavy atom. The molecule has 172 valence electrons. The van der Waals surface area contributed by atoms with Crippen molar-refractivity contribution in [2.75, 3.05) is 17.7 Å². The number of primary amides is 1. The van der Waals surface area contributed by atoms with Gasteiger partial charge in [0.15, 0.2) is 5.69 Å². The lowest BCUT2D eigenvalue weighted by atomic mass is 10.1. The Bertz CT molecular complexity index is 1180. The van der Waals surface area contributed by atoms with E-state index in [1.165, 1.54) is 31.2 Å². The molecule has 3 amide bonds. The Morgan fingerprint density at radius 1 is 1.18 bits per heavy atom. The summed E-state index contributed by atoms with van der Waals surface area (Å²) in [6, 6.07) is 11.5. The van der Waals surface area contributed by atoms with Crippen molar-refractivity contribution >= 4 is 40.6 Å². The standard InChI is InChI=1S/C22H22FN5O4S/c1-12(21(30)26-11-13-7-9-14(32-2)10-8-13)28(16-6-4-3-5-15(16)23)22(31)19-17(24)18(20(25)29)27-33-19/h3-10,12H,11,24H2,1-2H3,(H2,25,29)(H,26,30)/t12-/m1/s1. The molecule has 0 radical (unpaired) electrons. The van der Waals surface area contributed by atoms with Crippen molar-refractivity contribution in [3.8, 4) is 5.75 Å². The zero-order valence-electron chi connectivity index (χ0n) is 17.9. The minimum atomic E-state index is -1.12. The SMILES string of the molecule is COc1ccc(CNC(=O)[C@@H](C)N(C(=O)c2snc(C(N)=O)c2N)c2ccccc2F)cc1. The third-order valence-electron chi connectivity index (χ3n) is 4.88. The summed E-state index contributed by atoms with van der Waals surface area (Å²) in [4.78, 5) is 38.6. The summed E-state index contributed by atoms with van der Waals surface area (Å²) in [6.45, 7) is 1.64. The molecule has 1 atom stereocenters. The van der Waals surface area contributed by atoms with Crippen LogP contribution in [0.4, 0.5) is 15.8 Å². The molecule has 0 spiro atoms. The molecular weight excluding hydrogens is 449 g/mol. The van der Waals surface area contributed by atoms with Gasteiger partial charge >= 0.3 is 0 Å². The number of rotatable bonds is 8. The highest BCUT2D eigenvalue weighted by Crippen LogP contribution is 2.29. The van der Waals surface area contributed by atoms with Gasteiger partial charge in [0.2, 0.25) is 5.91 Å². The Morgan fingerprint density at radius 3 is 2.42 bits per heavy atom. The number of hydrogen-bond acceptors (Lipinski definition) is 7. The van der Waals surface area contributed by atoms with Crippen LogP contribution < -0.4 is 26.4 Å². The van der Waals surface area contributed by atoms with Gasteiger partial charge in [-0.05, 0) is 48.3 Å². The fourth-order valence-corrected chi connectivity index (χ4v) is 3.82. The van der Waals surface area contributed by atoms with Gasteiger partial charge in [-0.25, -0.2) is 4.39 Å². The lowest BCUT2D eigenvalue weighted by Crippen LogP contribution is -2.48. The highest BCUT2D eigenvalue weighted by atomic mass is 32.1. The van der Waals surface area contributed by atoms with Gasteiger partial charge in [0.05, 0.1) is 18.5 Å². The molecule has 3 aromatic rings. The number of halogens is 1. The number of benzene rings is 2. The fraction of sp³-hybridized carbons (Fsp3) is 0.182. The average Bonchev–Trinajstić information content (AvgIpc) is 3.20. The van der Waals surface area contributed by atoms with Crippen LogP contribution in [0.15, 0.2) is 48.5 Å². The van der Waals surface area contributed by atoms with Crippen LogP contribution in [0.5, 0.6) is 5.75 Å². The first kappa shape index (κ1) is 23.7. The zero-order chi connectivity index (χ0) is 24.1. The van der Waals surface area contributed by atoms with Crippen LogP contribution in [0.3, 0.4) is 0 Å². The van der Waals surface area contributed by atoms with Crippen molar-refractivity contribution in [2.45, 2.75) is 19.5 Å². The van der Waals surface area contributed by atoms with Gasteiger partial charge in [-0.3, -0.25) is 19.3 Å². The number of methoxy groups -OCH3 is 1. The lowest BCUT2D eigenvalue weighted by molar-refractivity contribution is -0.122. The smallest absolute Gasteiger partial charge is 0.272 e. The van der Waals surface area contributed by atoms with Crippen LogP contribution in [0.25, 0.3) is 0 Å². The lowest BCUT2D eigenvalue weighted by Gasteiger charge is -2.28. The summed E-state index contributed by atoms with van der Waals surface area (Å²) in [7, 11) is 1.55. The second-order valence-electron chi connectivity index (χ2n) is 7.01. The largest absolute Gasteiger partial charge is 0.497 e. The van der Waals surface area contributed by atoms with Crippen LogP contribution in [0.2, 0.25) is 0 Å². The molecule has 0 saturated heterocycles. The number of amides is 3. The van der Waals surface area contributed by atoms with E-state index in [0.717, 1.165) is 10.5 Å². The predicted molar refractivity (Wildman–Crippen MR) is 123 cm³/mol. The van der Waals surface area contributed by atoms with Gasteiger partial charge in [0.25, 0.3) is 11.8 Å². The predicted octanol–water partition coefficient (Wildman–Crippen LogP) is 2.32. The topological polar surface area (TPSA) is 141 Å². The maximum absolute atomic E-state index is 14.6. The van der Waals surface area contributed by atoms with E-state index in [1.54, 1.807) is 31.4 Å². The molecule has 1 aromatic heterocycles. The highest BCUT2D eigenvalue weighted by Gasteiger charge is 2.33.